The summed E-state index contributed by atoms with van der Waals surface area (Å²) in [6.07, 6.45) is 3.71. The van der Waals surface area contributed by atoms with Crippen LogP contribution in [0, 0.1) is 0 Å². The number of nitrogens with zero attached hydrogens (tertiary/aromatic N) is 1. The molecule has 1 heterocycles. The summed E-state index contributed by atoms with van der Waals surface area (Å²) in [5.74, 6) is 0. The summed E-state index contributed by atoms with van der Waals surface area (Å²) in [4.78, 5) is 2.55. The van der Waals surface area contributed by atoms with E-state index in [0.29, 0.717) is 4.90 Å². The van der Waals surface area contributed by atoms with Gasteiger partial charge in [-0.15, -0.1) is 0 Å². The predicted molar refractivity (Wildman–Crippen MR) is 76.2 cm³/mol. The Kier molecular flexibility index (Phi) is 3.87. The van der Waals surface area contributed by atoms with Gasteiger partial charge in [0, 0.05) is 25.0 Å². The number of hydrogen-bond donors (Lipinski definition) is 1. The Balaban J connectivity index is 2.14. The fourth-order valence-electron chi connectivity index (χ4n) is 2.43. The van der Waals surface area contributed by atoms with Gasteiger partial charge in [0.2, 0.25) is 0 Å². The Hall–Kier alpha value is -1.07. The largest absolute Gasteiger partial charge is 0.390 e. The van der Waals surface area contributed by atoms with Gasteiger partial charge in [-0.25, -0.2) is 8.42 Å². The second-order valence-corrected chi connectivity index (χ2v) is 7.62. The van der Waals surface area contributed by atoms with Crippen LogP contribution in [-0.2, 0) is 9.84 Å². The zero-order chi connectivity index (χ0) is 14.1. The first-order valence-corrected chi connectivity index (χ1v) is 8.45. The van der Waals surface area contributed by atoms with Crippen molar-refractivity contribution in [2.45, 2.75) is 36.7 Å². The molecular formula is C14H21NO3S. The Morgan fingerprint density at radius 1 is 1.16 bits per heavy atom. The maximum absolute atomic E-state index is 11.4. The minimum Gasteiger partial charge on any atom is -0.390 e. The van der Waals surface area contributed by atoms with Crippen LogP contribution in [0.25, 0.3) is 0 Å². The molecule has 1 N–H and O–H groups in total. The van der Waals surface area contributed by atoms with E-state index in [1.54, 1.807) is 12.1 Å². The number of anilines is 1. The Morgan fingerprint density at radius 3 is 2.37 bits per heavy atom. The molecule has 1 aromatic rings. The van der Waals surface area contributed by atoms with Crippen molar-refractivity contribution in [1.29, 1.82) is 0 Å². The van der Waals surface area contributed by atoms with Crippen LogP contribution in [0.3, 0.4) is 0 Å². The highest BCUT2D eigenvalue weighted by Crippen LogP contribution is 2.26. The molecule has 0 aromatic heterocycles. The highest BCUT2D eigenvalue weighted by atomic mass is 32.2. The van der Waals surface area contributed by atoms with E-state index in [9.17, 15) is 13.5 Å². The fourth-order valence-corrected chi connectivity index (χ4v) is 3.06. The minimum atomic E-state index is -3.13. The molecule has 1 aromatic carbocycles. The van der Waals surface area contributed by atoms with Gasteiger partial charge in [-0.3, -0.25) is 0 Å². The van der Waals surface area contributed by atoms with Crippen LogP contribution in [0.5, 0.6) is 0 Å². The van der Waals surface area contributed by atoms with E-state index in [-0.39, 0.29) is 0 Å². The van der Waals surface area contributed by atoms with E-state index in [0.717, 1.165) is 38.0 Å². The van der Waals surface area contributed by atoms with E-state index in [4.69, 9.17) is 0 Å². The van der Waals surface area contributed by atoms with Crippen LogP contribution < -0.4 is 4.90 Å². The first kappa shape index (κ1) is 14.3. The van der Waals surface area contributed by atoms with Crippen LogP contribution in [-0.4, -0.2) is 38.5 Å². The third-order valence-corrected chi connectivity index (χ3v) is 4.82. The predicted octanol–water partition coefficient (Wildman–Crippen LogP) is 1.83. The van der Waals surface area contributed by atoms with Crippen LogP contribution >= 0.6 is 0 Å². The van der Waals surface area contributed by atoms with Gasteiger partial charge in [0.1, 0.15) is 0 Å². The van der Waals surface area contributed by atoms with E-state index in [1.165, 1.54) is 6.26 Å². The van der Waals surface area contributed by atoms with Crippen molar-refractivity contribution in [3.63, 3.8) is 0 Å². The van der Waals surface area contributed by atoms with Gasteiger partial charge >= 0.3 is 0 Å². The zero-order valence-electron chi connectivity index (χ0n) is 11.5. The van der Waals surface area contributed by atoms with Crippen molar-refractivity contribution in [1.82, 2.24) is 0 Å². The van der Waals surface area contributed by atoms with Crippen LogP contribution in [0.1, 0.15) is 26.2 Å². The molecule has 4 nitrogen and oxygen atoms in total. The van der Waals surface area contributed by atoms with Gasteiger partial charge in [-0.05, 0) is 50.5 Å². The molecule has 0 saturated carbocycles. The van der Waals surface area contributed by atoms with E-state index >= 15 is 0 Å². The molecule has 1 unspecified atom stereocenters. The van der Waals surface area contributed by atoms with Gasteiger partial charge in [-0.1, -0.05) is 0 Å². The molecule has 2 rings (SSSR count). The zero-order valence-corrected chi connectivity index (χ0v) is 12.3. The molecule has 0 spiro atoms. The van der Waals surface area contributed by atoms with Crippen molar-refractivity contribution < 1.29 is 13.5 Å². The van der Waals surface area contributed by atoms with Crippen molar-refractivity contribution in [3.05, 3.63) is 24.3 Å². The summed E-state index contributed by atoms with van der Waals surface area (Å²) >= 11 is 0. The highest BCUT2D eigenvalue weighted by Gasteiger charge is 2.25. The van der Waals surface area contributed by atoms with Crippen LogP contribution in [0.15, 0.2) is 29.2 Å². The quantitative estimate of drug-likeness (QED) is 0.899. The normalized spacial score (nSPS) is 25.1. The topological polar surface area (TPSA) is 57.6 Å². The highest BCUT2D eigenvalue weighted by molar-refractivity contribution is 7.90. The summed E-state index contributed by atoms with van der Waals surface area (Å²) in [6.45, 7) is 3.57. The monoisotopic (exact) mass is 283 g/mol. The van der Waals surface area contributed by atoms with Gasteiger partial charge < -0.3 is 10.0 Å². The Morgan fingerprint density at radius 2 is 1.79 bits per heavy atom. The van der Waals surface area contributed by atoms with Gasteiger partial charge in [0.05, 0.1) is 10.5 Å². The second-order valence-electron chi connectivity index (χ2n) is 5.60. The van der Waals surface area contributed by atoms with Gasteiger partial charge in [0.25, 0.3) is 0 Å². The lowest BCUT2D eigenvalue weighted by Crippen LogP contribution is -2.28. The van der Waals surface area contributed by atoms with E-state index in [2.05, 4.69) is 4.90 Å². The van der Waals surface area contributed by atoms with E-state index in [1.807, 2.05) is 19.1 Å². The molecule has 19 heavy (non-hydrogen) atoms. The molecule has 0 amide bonds. The minimum absolute atomic E-state index is 0.345. The average Bonchev–Trinajstić information content (AvgIpc) is 2.49. The van der Waals surface area contributed by atoms with Crippen LogP contribution in [0.2, 0.25) is 0 Å². The molecule has 1 atom stereocenters. The van der Waals surface area contributed by atoms with E-state index < -0.39 is 15.4 Å². The van der Waals surface area contributed by atoms with Gasteiger partial charge in [-0.2, -0.15) is 0 Å². The molecule has 0 aliphatic carbocycles. The Bertz CT molecular complexity index is 534. The lowest BCUT2D eigenvalue weighted by Gasteiger charge is -2.24. The average molecular weight is 283 g/mol. The number of sulfone groups is 1. The maximum Gasteiger partial charge on any atom is 0.175 e. The molecule has 1 saturated heterocycles. The first-order chi connectivity index (χ1) is 8.78. The molecule has 1 aliphatic heterocycles. The standard InChI is InChI=1S/C14H21NO3S/c1-14(16)8-3-10-15(11-9-14)12-4-6-13(7-5-12)19(2,17)18/h4-7,16H,3,8-11H2,1-2H3. The molecule has 106 valence electrons. The van der Waals surface area contributed by atoms with Gasteiger partial charge in [0.15, 0.2) is 9.84 Å². The second kappa shape index (κ2) is 5.13. The molecular weight excluding hydrogens is 262 g/mol. The first-order valence-electron chi connectivity index (χ1n) is 6.55. The third-order valence-electron chi connectivity index (χ3n) is 3.69. The Labute approximate surface area is 115 Å². The molecule has 0 bridgehead atoms. The molecule has 1 fully saturated rings. The van der Waals surface area contributed by atoms with Crippen molar-refractivity contribution in [3.8, 4) is 0 Å². The smallest absolute Gasteiger partial charge is 0.175 e. The third kappa shape index (κ3) is 3.70. The summed E-state index contributed by atoms with van der Waals surface area (Å²) in [7, 11) is -3.13. The molecule has 1 aliphatic rings. The maximum atomic E-state index is 11.4. The summed E-state index contributed by atoms with van der Waals surface area (Å²) in [5.41, 5.74) is 0.437. The number of aliphatic hydroxyl groups is 1. The number of rotatable bonds is 2. The SMILES string of the molecule is CC1(O)CCCN(c2ccc(S(C)(=O)=O)cc2)CC1. The van der Waals surface area contributed by atoms with Crippen LogP contribution in [0.4, 0.5) is 5.69 Å². The molecule has 0 radical (unpaired) electrons. The summed E-state index contributed by atoms with van der Waals surface area (Å²) < 4.78 is 22.8. The summed E-state index contributed by atoms with van der Waals surface area (Å²) in [5, 5.41) is 10.1. The summed E-state index contributed by atoms with van der Waals surface area (Å²) in [6, 6.07) is 6.98. The number of hydrogen-bond acceptors (Lipinski definition) is 4. The van der Waals surface area contributed by atoms with Crippen molar-refractivity contribution in [2.75, 3.05) is 24.2 Å². The van der Waals surface area contributed by atoms with Crippen molar-refractivity contribution in [2.24, 2.45) is 0 Å². The lowest BCUT2D eigenvalue weighted by molar-refractivity contribution is 0.0481. The molecule has 5 heteroatoms. The van der Waals surface area contributed by atoms with Crippen molar-refractivity contribution >= 4 is 15.5 Å². The fraction of sp³-hybridized carbons (Fsp3) is 0.571. The lowest BCUT2D eigenvalue weighted by atomic mass is 9.98. The number of benzene rings is 1.